The van der Waals surface area contributed by atoms with Crippen molar-refractivity contribution >= 4 is 34.8 Å². The van der Waals surface area contributed by atoms with Crippen LogP contribution in [0.5, 0.6) is 0 Å². The second kappa shape index (κ2) is 8.19. The van der Waals surface area contributed by atoms with E-state index in [1.807, 2.05) is 6.07 Å². The van der Waals surface area contributed by atoms with Gasteiger partial charge in [-0.15, -0.1) is 21.5 Å². The summed E-state index contributed by atoms with van der Waals surface area (Å²) in [4.78, 5) is 13.5. The van der Waals surface area contributed by atoms with Gasteiger partial charge in [0, 0.05) is 12.1 Å². The fourth-order valence-corrected chi connectivity index (χ4v) is 6.66. The van der Waals surface area contributed by atoms with Crippen molar-refractivity contribution in [3.8, 4) is 10.7 Å². The number of thioether (sulfide) groups is 1. The fraction of sp³-hybridized carbons (Fsp3) is 0.524. The zero-order valence-electron chi connectivity index (χ0n) is 17.1. The molecule has 2 fully saturated rings. The molecule has 9 heteroatoms. The first-order valence-corrected chi connectivity index (χ1v) is 12.3. The van der Waals surface area contributed by atoms with Gasteiger partial charge >= 0.3 is 0 Å². The molecule has 0 spiro atoms. The van der Waals surface area contributed by atoms with Crippen molar-refractivity contribution in [1.82, 2.24) is 19.9 Å². The van der Waals surface area contributed by atoms with E-state index in [1.165, 1.54) is 37.4 Å². The van der Waals surface area contributed by atoms with Crippen molar-refractivity contribution < 1.29 is 9.32 Å². The van der Waals surface area contributed by atoms with Crippen molar-refractivity contribution in [3.05, 3.63) is 29.3 Å². The number of hydrogen-bond acceptors (Lipinski definition) is 7. The van der Waals surface area contributed by atoms with Crippen LogP contribution in [-0.4, -0.2) is 31.6 Å². The number of aryl methyl sites for hydroxylation is 1. The number of fused-ring (bicyclic) bond motifs is 2. The van der Waals surface area contributed by atoms with Gasteiger partial charge in [0.25, 0.3) is 0 Å². The first-order valence-electron chi connectivity index (χ1n) is 10.4. The minimum absolute atomic E-state index is 0.131. The Morgan fingerprint density at radius 2 is 2.30 bits per heavy atom. The zero-order valence-corrected chi connectivity index (χ0v) is 18.7. The summed E-state index contributed by atoms with van der Waals surface area (Å²) in [6, 6.07) is 6.15. The normalized spacial score (nSPS) is 23.7. The van der Waals surface area contributed by atoms with Crippen LogP contribution in [0.4, 0.5) is 5.82 Å². The van der Waals surface area contributed by atoms with E-state index in [-0.39, 0.29) is 11.7 Å². The minimum atomic E-state index is -0.131. The lowest BCUT2D eigenvalue weighted by Gasteiger charge is -2.30. The molecule has 3 aromatic rings. The summed E-state index contributed by atoms with van der Waals surface area (Å²) in [7, 11) is 0. The lowest BCUT2D eigenvalue weighted by atomic mass is 9.84. The van der Waals surface area contributed by atoms with Gasteiger partial charge in [-0.05, 0) is 62.3 Å². The highest BCUT2D eigenvalue weighted by Crippen LogP contribution is 2.53. The molecule has 3 heterocycles. The average Bonchev–Trinajstić information content (AvgIpc) is 3.54. The van der Waals surface area contributed by atoms with Crippen molar-refractivity contribution in [3.63, 3.8) is 0 Å². The molecule has 0 saturated heterocycles. The van der Waals surface area contributed by atoms with E-state index >= 15 is 0 Å². The van der Waals surface area contributed by atoms with Crippen LogP contribution < -0.4 is 5.32 Å². The maximum atomic E-state index is 12.4. The Morgan fingerprint density at radius 1 is 1.40 bits per heavy atom. The minimum Gasteiger partial charge on any atom is -0.360 e. The number of carbonyl (C=O) groups is 1. The van der Waals surface area contributed by atoms with E-state index in [0.717, 1.165) is 27.7 Å². The van der Waals surface area contributed by atoms with Crippen molar-refractivity contribution in [2.75, 3.05) is 11.1 Å². The predicted molar refractivity (Wildman–Crippen MR) is 118 cm³/mol. The Kier molecular flexibility index (Phi) is 5.41. The van der Waals surface area contributed by atoms with E-state index in [4.69, 9.17) is 4.52 Å². The third kappa shape index (κ3) is 3.80. The molecule has 0 aromatic carbocycles. The molecule has 1 amide bonds. The molecular formula is C21H25N5O2S2. The fourth-order valence-electron chi connectivity index (χ4n) is 5.13. The number of rotatable bonds is 7. The molecular weight excluding hydrogens is 418 g/mol. The molecule has 30 heavy (non-hydrogen) atoms. The second-order valence-electron chi connectivity index (χ2n) is 8.39. The summed E-state index contributed by atoms with van der Waals surface area (Å²) < 4.78 is 7.28. The number of thiophene rings is 1. The van der Waals surface area contributed by atoms with Crippen LogP contribution in [0.15, 0.2) is 33.3 Å². The number of nitrogens with zero attached hydrogens (tertiary/aromatic N) is 4. The summed E-state index contributed by atoms with van der Waals surface area (Å²) >= 11 is 3.11. The Balaban J connectivity index is 1.36. The first kappa shape index (κ1) is 19.8. The molecule has 1 N–H and O–H groups in total. The largest absolute Gasteiger partial charge is 0.360 e. The van der Waals surface area contributed by atoms with Gasteiger partial charge in [0.05, 0.1) is 10.6 Å². The van der Waals surface area contributed by atoms with Gasteiger partial charge in [-0.2, -0.15) is 0 Å². The second-order valence-corrected chi connectivity index (χ2v) is 10.3. The van der Waals surface area contributed by atoms with E-state index in [2.05, 4.69) is 43.6 Å². The Hall–Kier alpha value is -2.13. The van der Waals surface area contributed by atoms with Gasteiger partial charge in [-0.25, -0.2) is 0 Å². The van der Waals surface area contributed by atoms with E-state index in [0.29, 0.717) is 23.5 Å². The third-order valence-electron chi connectivity index (χ3n) is 6.45. The average molecular weight is 444 g/mol. The summed E-state index contributed by atoms with van der Waals surface area (Å²) in [6.45, 7) is 4.09. The SMILES string of the molecule is Cc1cc(NC(=O)CSc2nnc(-c3cccs3)n2C(C)C2CC3CCC2C3)no1. The highest BCUT2D eigenvalue weighted by molar-refractivity contribution is 7.99. The molecule has 0 radical (unpaired) electrons. The maximum Gasteiger partial charge on any atom is 0.236 e. The lowest BCUT2D eigenvalue weighted by Crippen LogP contribution is -2.23. The van der Waals surface area contributed by atoms with E-state index < -0.39 is 0 Å². The highest BCUT2D eigenvalue weighted by Gasteiger charge is 2.43. The molecule has 5 rings (SSSR count). The number of anilines is 1. The van der Waals surface area contributed by atoms with Crippen LogP contribution in [0, 0.1) is 24.7 Å². The smallest absolute Gasteiger partial charge is 0.236 e. The van der Waals surface area contributed by atoms with Crippen molar-refractivity contribution in [1.29, 1.82) is 0 Å². The predicted octanol–water partition coefficient (Wildman–Crippen LogP) is 5.03. The molecule has 0 aliphatic heterocycles. The molecule has 7 nitrogen and oxygen atoms in total. The van der Waals surface area contributed by atoms with E-state index in [9.17, 15) is 4.79 Å². The Bertz CT molecular complexity index is 1030. The van der Waals surface area contributed by atoms with Crippen LogP contribution in [0.3, 0.4) is 0 Å². The number of hydrogen-bond donors (Lipinski definition) is 1. The van der Waals surface area contributed by atoms with E-state index in [1.54, 1.807) is 24.3 Å². The molecule has 4 unspecified atom stereocenters. The number of aromatic nitrogens is 4. The van der Waals surface area contributed by atoms with Gasteiger partial charge in [0.15, 0.2) is 16.8 Å². The molecule has 3 aromatic heterocycles. The zero-order chi connectivity index (χ0) is 20.7. The maximum absolute atomic E-state index is 12.4. The van der Waals surface area contributed by atoms with Gasteiger partial charge in [0.2, 0.25) is 5.91 Å². The monoisotopic (exact) mass is 443 g/mol. The molecule has 2 aliphatic carbocycles. The quantitative estimate of drug-likeness (QED) is 0.515. The third-order valence-corrected chi connectivity index (χ3v) is 8.26. The van der Waals surface area contributed by atoms with Crippen LogP contribution in [0.2, 0.25) is 0 Å². The van der Waals surface area contributed by atoms with Gasteiger partial charge in [0.1, 0.15) is 5.76 Å². The number of carbonyl (C=O) groups excluding carboxylic acids is 1. The van der Waals surface area contributed by atoms with Gasteiger partial charge in [-0.1, -0.05) is 29.4 Å². The Morgan fingerprint density at radius 3 is 2.97 bits per heavy atom. The standard InChI is InChI=1S/C21H25N5O2S2/c1-12-8-18(25-28-12)22-19(27)11-30-21-24-23-20(17-4-3-7-29-17)26(21)13(2)16-10-14-5-6-15(16)9-14/h3-4,7-8,13-16H,5-6,9-11H2,1-2H3,(H,22,25,27). The van der Waals surface area contributed by atoms with Crippen LogP contribution in [0.25, 0.3) is 10.7 Å². The van der Waals surface area contributed by atoms with Gasteiger partial charge in [-0.3, -0.25) is 9.36 Å². The van der Waals surface area contributed by atoms with Crippen LogP contribution in [-0.2, 0) is 4.79 Å². The highest BCUT2D eigenvalue weighted by atomic mass is 32.2. The first-order chi connectivity index (χ1) is 14.6. The summed E-state index contributed by atoms with van der Waals surface area (Å²) in [6.07, 6.45) is 5.40. The topological polar surface area (TPSA) is 85.8 Å². The van der Waals surface area contributed by atoms with Crippen LogP contribution in [0.1, 0.15) is 44.4 Å². The summed E-state index contributed by atoms with van der Waals surface area (Å²) in [5, 5.41) is 18.5. The molecule has 4 atom stereocenters. The summed E-state index contributed by atoms with van der Waals surface area (Å²) in [5.41, 5.74) is 0. The molecule has 158 valence electrons. The molecule has 2 saturated carbocycles. The molecule has 2 bridgehead atoms. The van der Waals surface area contributed by atoms with Crippen molar-refractivity contribution in [2.24, 2.45) is 17.8 Å². The van der Waals surface area contributed by atoms with Crippen LogP contribution >= 0.6 is 23.1 Å². The number of amides is 1. The lowest BCUT2D eigenvalue weighted by molar-refractivity contribution is -0.113. The van der Waals surface area contributed by atoms with Crippen molar-refractivity contribution in [2.45, 2.75) is 50.7 Å². The number of nitrogens with one attached hydrogen (secondary N) is 1. The Labute approximate surface area is 183 Å². The summed E-state index contributed by atoms with van der Waals surface area (Å²) in [5.74, 6) is 4.48. The molecule has 2 aliphatic rings. The van der Waals surface area contributed by atoms with Gasteiger partial charge < -0.3 is 9.84 Å².